The van der Waals surface area contributed by atoms with Gasteiger partial charge < -0.3 is 9.47 Å². The number of hydrogen-bond donors (Lipinski definition) is 0. The maximum absolute atomic E-state index is 13.9. The molecule has 0 unspecified atom stereocenters. The van der Waals surface area contributed by atoms with E-state index in [-0.39, 0.29) is 25.0 Å². The topological polar surface area (TPSA) is 116 Å². The Morgan fingerprint density at radius 1 is 1.00 bits per heavy atom. The quantitative estimate of drug-likeness (QED) is 0.419. The summed E-state index contributed by atoms with van der Waals surface area (Å²) in [5, 5.41) is 27.0. The van der Waals surface area contributed by atoms with E-state index in [0.29, 0.717) is 16.7 Å². The van der Waals surface area contributed by atoms with Crippen molar-refractivity contribution < 1.29 is 19.1 Å². The van der Waals surface area contributed by atoms with Crippen molar-refractivity contribution in [2.24, 2.45) is 10.5 Å². The first-order valence-corrected chi connectivity index (χ1v) is 12.8. The van der Waals surface area contributed by atoms with Gasteiger partial charge in [0.2, 0.25) is 5.54 Å². The van der Waals surface area contributed by atoms with Crippen LogP contribution in [0, 0.1) is 28.1 Å². The van der Waals surface area contributed by atoms with Crippen LogP contribution in [0.5, 0.6) is 0 Å². The van der Waals surface area contributed by atoms with Crippen molar-refractivity contribution in [3.8, 4) is 12.1 Å². The molecule has 8 heteroatoms. The molecule has 0 radical (unpaired) electrons. The van der Waals surface area contributed by atoms with Crippen molar-refractivity contribution in [2.45, 2.75) is 64.0 Å². The fourth-order valence-corrected chi connectivity index (χ4v) is 5.56. The summed E-state index contributed by atoms with van der Waals surface area (Å²) in [5.41, 5.74) is -0.791. The molecular weight excluding hydrogens is 480 g/mol. The third kappa shape index (κ3) is 4.01. The fourth-order valence-electron chi connectivity index (χ4n) is 5.56. The van der Waals surface area contributed by atoms with Crippen molar-refractivity contribution in [1.82, 2.24) is 5.01 Å². The number of fused-ring (bicyclic) bond motifs is 3. The second-order valence-corrected chi connectivity index (χ2v) is 10.7. The summed E-state index contributed by atoms with van der Waals surface area (Å²) in [4.78, 5) is 27.8. The number of rotatable bonds is 5. The van der Waals surface area contributed by atoms with Gasteiger partial charge in [-0.1, -0.05) is 69.3 Å². The SMILES string of the molecule is CCOC(=O)C1(C(=O)OCC)C[C@H](c2ccc(C(C)(C)C)cc2)C(C#N)(C#N)N2N=Cc3ccccc3[C@H]21. The number of hydrogen-bond acceptors (Lipinski definition) is 8. The molecule has 4 rings (SSSR count). The first-order valence-electron chi connectivity index (χ1n) is 12.8. The smallest absolute Gasteiger partial charge is 0.326 e. The molecule has 196 valence electrons. The van der Waals surface area contributed by atoms with Crippen molar-refractivity contribution in [3.63, 3.8) is 0 Å². The van der Waals surface area contributed by atoms with Gasteiger partial charge in [-0.15, -0.1) is 0 Å². The minimum atomic E-state index is -1.87. The number of carbonyl (C=O) groups is 2. The summed E-state index contributed by atoms with van der Waals surface area (Å²) in [6.45, 7) is 9.70. The second-order valence-electron chi connectivity index (χ2n) is 10.7. The van der Waals surface area contributed by atoms with Gasteiger partial charge in [0.15, 0.2) is 5.41 Å². The van der Waals surface area contributed by atoms with Gasteiger partial charge in [0, 0.05) is 5.92 Å². The normalized spacial score (nSPS) is 20.8. The first kappa shape index (κ1) is 26.9. The monoisotopic (exact) mass is 512 g/mol. The van der Waals surface area contributed by atoms with Crippen LogP contribution in [0.15, 0.2) is 53.6 Å². The molecule has 0 spiro atoms. The Kier molecular flexibility index (Phi) is 7.04. The molecule has 2 atom stereocenters. The number of carbonyl (C=O) groups excluding carboxylic acids is 2. The van der Waals surface area contributed by atoms with E-state index >= 15 is 0 Å². The van der Waals surface area contributed by atoms with Gasteiger partial charge >= 0.3 is 11.9 Å². The van der Waals surface area contributed by atoms with Gasteiger partial charge in [-0.05, 0) is 47.9 Å². The molecule has 0 saturated carbocycles. The number of esters is 2. The summed E-state index contributed by atoms with van der Waals surface area (Å²) < 4.78 is 11.0. The highest BCUT2D eigenvalue weighted by Crippen LogP contribution is 2.59. The molecule has 0 aromatic heterocycles. The number of nitrogens with zero attached hydrogens (tertiary/aromatic N) is 4. The first-order chi connectivity index (χ1) is 18.1. The highest BCUT2D eigenvalue weighted by molar-refractivity contribution is 6.02. The molecular formula is C30H32N4O4. The van der Waals surface area contributed by atoms with Crippen LogP contribution in [0.1, 0.15) is 75.3 Å². The van der Waals surface area contributed by atoms with Gasteiger partial charge in [-0.3, -0.25) is 14.6 Å². The molecule has 2 heterocycles. The standard InChI is InChI=1S/C30H32N4O4/c1-6-37-26(35)30(27(36)38-7-2)16-24(20-12-14-22(15-13-20)28(3,4)5)29(18-31,19-32)34-25(30)23-11-9-8-10-21(23)17-33-34/h8-15,17,24-25H,6-7,16H2,1-5H3/t24-,25+/m1/s1. The maximum atomic E-state index is 13.9. The minimum Gasteiger partial charge on any atom is -0.465 e. The summed E-state index contributed by atoms with van der Waals surface area (Å²) in [6.07, 6.45) is 1.40. The maximum Gasteiger partial charge on any atom is 0.326 e. The summed E-state index contributed by atoms with van der Waals surface area (Å²) in [5.74, 6) is -2.40. The molecule has 0 aliphatic carbocycles. The zero-order valence-electron chi connectivity index (χ0n) is 22.4. The lowest BCUT2D eigenvalue weighted by Crippen LogP contribution is -2.65. The Balaban J connectivity index is 2.03. The third-order valence-electron chi connectivity index (χ3n) is 7.51. The predicted molar refractivity (Wildman–Crippen MR) is 141 cm³/mol. The summed E-state index contributed by atoms with van der Waals surface area (Å²) in [6, 6.07) is 18.2. The zero-order chi connectivity index (χ0) is 27.7. The van der Waals surface area contributed by atoms with Crippen LogP contribution in [-0.2, 0) is 24.5 Å². The molecule has 0 bridgehead atoms. The van der Waals surface area contributed by atoms with Crippen molar-refractivity contribution >= 4 is 18.2 Å². The molecule has 0 amide bonds. The van der Waals surface area contributed by atoms with E-state index in [1.54, 1.807) is 32.2 Å². The molecule has 2 aromatic carbocycles. The third-order valence-corrected chi connectivity index (χ3v) is 7.51. The summed E-state index contributed by atoms with van der Waals surface area (Å²) >= 11 is 0. The van der Waals surface area contributed by atoms with Gasteiger partial charge in [-0.2, -0.15) is 15.6 Å². The molecule has 1 fully saturated rings. The van der Waals surface area contributed by atoms with Crippen LogP contribution in [0.3, 0.4) is 0 Å². The predicted octanol–water partition coefficient (Wildman–Crippen LogP) is 4.76. The number of nitriles is 2. The van der Waals surface area contributed by atoms with Gasteiger partial charge in [0.1, 0.15) is 18.2 Å². The van der Waals surface area contributed by atoms with Crippen LogP contribution >= 0.6 is 0 Å². The fraction of sp³-hybridized carbons (Fsp3) is 0.433. The number of ether oxygens (including phenoxy) is 2. The van der Waals surface area contributed by atoms with E-state index in [9.17, 15) is 20.1 Å². The minimum absolute atomic E-state index is 0.0458. The molecule has 38 heavy (non-hydrogen) atoms. The van der Waals surface area contributed by atoms with Gasteiger partial charge in [0.25, 0.3) is 0 Å². The van der Waals surface area contributed by atoms with Gasteiger partial charge in [-0.25, -0.2) is 0 Å². The Bertz CT molecular complexity index is 1310. The van der Waals surface area contributed by atoms with E-state index in [0.717, 1.165) is 5.56 Å². The highest BCUT2D eigenvalue weighted by Gasteiger charge is 2.69. The average molecular weight is 513 g/mol. The molecule has 2 aromatic rings. The van der Waals surface area contributed by atoms with E-state index in [4.69, 9.17) is 9.47 Å². The second kappa shape index (κ2) is 9.95. The molecule has 1 saturated heterocycles. The molecule has 2 aliphatic heterocycles. The van der Waals surface area contributed by atoms with Crippen LogP contribution in [0.4, 0.5) is 0 Å². The number of benzene rings is 2. The van der Waals surface area contributed by atoms with Crippen molar-refractivity contribution in [1.29, 1.82) is 10.5 Å². The van der Waals surface area contributed by atoms with E-state index in [2.05, 4.69) is 38.0 Å². The van der Waals surface area contributed by atoms with Crippen LogP contribution in [0.25, 0.3) is 0 Å². The Morgan fingerprint density at radius 2 is 1.58 bits per heavy atom. The lowest BCUT2D eigenvalue weighted by molar-refractivity contribution is -0.187. The number of hydrazone groups is 1. The summed E-state index contributed by atoms with van der Waals surface area (Å²) in [7, 11) is 0. The molecule has 2 aliphatic rings. The highest BCUT2D eigenvalue weighted by atomic mass is 16.6. The average Bonchev–Trinajstić information content (AvgIpc) is 2.91. The molecule has 0 N–H and O–H groups in total. The van der Waals surface area contributed by atoms with E-state index in [1.807, 2.05) is 36.4 Å². The van der Waals surface area contributed by atoms with Crippen molar-refractivity contribution in [2.75, 3.05) is 13.2 Å². The van der Waals surface area contributed by atoms with Crippen molar-refractivity contribution in [3.05, 3.63) is 70.8 Å². The van der Waals surface area contributed by atoms with Crippen LogP contribution in [-0.4, -0.2) is 41.9 Å². The lowest BCUT2D eigenvalue weighted by Gasteiger charge is -2.54. The van der Waals surface area contributed by atoms with Crippen LogP contribution < -0.4 is 0 Å². The lowest BCUT2D eigenvalue weighted by atomic mass is 9.59. The molecule has 8 nitrogen and oxygen atoms in total. The Labute approximate surface area is 223 Å². The largest absolute Gasteiger partial charge is 0.465 e. The van der Waals surface area contributed by atoms with Crippen LogP contribution in [0.2, 0.25) is 0 Å². The van der Waals surface area contributed by atoms with E-state index in [1.165, 1.54) is 5.01 Å². The van der Waals surface area contributed by atoms with E-state index < -0.39 is 34.9 Å². The van der Waals surface area contributed by atoms with Gasteiger partial charge in [0.05, 0.1) is 19.4 Å². The number of piperidine rings is 1. The zero-order valence-corrected chi connectivity index (χ0v) is 22.4. The Hall–Kier alpha value is -4.17. The Morgan fingerprint density at radius 3 is 2.11 bits per heavy atom.